The van der Waals surface area contributed by atoms with Crippen molar-refractivity contribution < 1.29 is 28.7 Å². The summed E-state index contributed by atoms with van der Waals surface area (Å²) in [6.07, 6.45) is -1.02. The molecule has 0 bridgehead atoms. The van der Waals surface area contributed by atoms with Crippen molar-refractivity contribution in [2.24, 2.45) is 4.99 Å². The normalized spacial score (nSPS) is 17.8. The Morgan fingerprint density at radius 2 is 2.15 bits per heavy atom. The van der Waals surface area contributed by atoms with Crippen LogP contribution in [0.1, 0.15) is 27.7 Å². The third kappa shape index (κ3) is 6.23. The van der Waals surface area contributed by atoms with Crippen molar-refractivity contribution in [1.29, 1.82) is 0 Å². The van der Waals surface area contributed by atoms with E-state index in [4.69, 9.17) is 9.57 Å². The fourth-order valence-corrected chi connectivity index (χ4v) is 1.14. The van der Waals surface area contributed by atoms with Gasteiger partial charge in [-0.25, -0.2) is 19.4 Å². The number of nitrogens with one attached hydrogen (secondary N) is 1. The van der Waals surface area contributed by atoms with E-state index >= 15 is 0 Å². The zero-order valence-corrected chi connectivity index (χ0v) is 11.9. The maximum Gasteiger partial charge on any atom is 0.535 e. The molecule has 1 amide bonds. The van der Waals surface area contributed by atoms with Crippen LogP contribution < -0.4 is 5.32 Å². The average Bonchev–Trinajstić information content (AvgIpc) is 2.72. The highest BCUT2D eigenvalue weighted by atomic mass is 17.0. The number of hydrogen-bond donors (Lipinski definition) is 1. The lowest BCUT2D eigenvalue weighted by Gasteiger charge is -2.20. The van der Waals surface area contributed by atoms with E-state index in [1.54, 1.807) is 27.7 Å². The molecule has 1 unspecified atom stereocenters. The molecule has 0 spiro atoms. The fraction of sp³-hybridized carbons (Fsp3) is 0.727. The second kappa shape index (κ2) is 6.94. The summed E-state index contributed by atoms with van der Waals surface area (Å²) in [5.74, 6) is 0. The Kier molecular flexibility index (Phi) is 5.56. The third-order valence-corrected chi connectivity index (χ3v) is 1.80. The molecule has 0 radical (unpaired) electrons. The number of amides is 1. The number of carbonyl (C=O) groups excluding carboxylic acids is 2. The van der Waals surface area contributed by atoms with E-state index in [2.05, 4.69) is 19.9 Å². The predicted molar refractivity (Wildman–Crippen MR) is 67.5 cm³/mol. The molecule has 1 heterocycles. The van der Waals surface area contributed by atoms with Crippen LogP contribution in [0.3, 0.4) is 0 Å². The molecule has 1 atom stereocenters. The second-order valence-electron chi connectivity index (χ2n) is 4.77. The summed E-state index contributed by atoms with van der Waals surface area (Å²) in [4.78, 5) is 36.0. The monoisotopic (exact) mass is 289 g/mol. The van der Waals surface area contributed by atoms with E-state index in [0.29, 0.717) is 0 Å². The van der Waals surface area contributed by atoms with E-state index in [1.807, 2.05) is 0 Å². The molecule has 9 nitrogen and oxygen atoms in total. The number of rotatable bonds is 4. The third-order valence-electron chi connectivity index (χ3n) is 1.80. The lowest BCUT2D eigenvalue weighted by atomic mass is 10.2. The molecule has 0 saturated carbocycles. The van der Waals surface area contributed by atoms with Crippen LogP contribution in [0.2, 0.25) is 0 Å². The molecule has 0 fully saturated rings. The summed E-state index contributed by atoms with van der Waals surface area (Å²) in [7, 11) is 0. The summed E-state index contributed by atoms with van der Waals surface area (Å²) in [5.41, 5.74) is -0.580. The van der Waals surface area contributed by atoms with Crippen molar-refractivity contribution in [3.05, 3.63) is 0 Å². The van der Waals surface area contributed by atoms with Gasteiger partial charge in [0, 0.05) is 0 Å². The SMILES string of the molecule is CCOC(=O)ON1C=NC(CNC(=O)OC(C)(C)C)O1. The number of hydrogen-bond acceptors (Lipinski definition) is 8. The first-order chi connectivity index (χ1) is 9.30. The van der Waals surface area contributed by atoms with Gasteiger partial charge in [0.2, 0.25) is 0 Å². The maximum absolute atomic E-state index is 11.4. The van der Waals surface area contributed by atoms with Crippen LogP contribution in [0.15, 0.2) is 4.99 Å². The predicted octanol–water partition coefficient (Wildman–Crippen LogP) is 1.20. The lowest BCUT2D eigenvalue weighted by molar-refractivity contribution is -0.291. The van der Waals surface area contributed by atoms with Gasteiger partial charge in [-0.2, -0.15) is 0 Å². The molecule has 1 aliphatic rings. The highest BCUT2D eigenvalue weighted by Gasteiger charge is 2.24. The molecule has 0 aromatic rings. The smallest absolute Gasteiger partial charge is 0.444 e. The summed E-state index contributed by atoms with van der Waals surface area (Å²) in [5, 5.41) is 3.25. The number of hydroxylamine groups is 2. The minimum Gasteiger partial charge on any atom is -0.444 e. The van der Waals surface area contributed by atoms with E-state index in [0.717, 1.165) is 5.23 Å². The first-order valence-corrected chi connectivity index (χ1v) is 6.11. The molecule has 0 aromatic heterocycles. The number of carbonyl (C=O) groups is 2. The van der Waals surface area contributed by atoms with Gasteiger partial charge in [0.15, 0.2) is 12.6 Å². The van der Waals surface area contributed by atoms with Crippen LogP contribution >= 0.6 is 0 Å². The van der Waals surface area contributed by atoms with Crippen molar-refractivity contribution in [2.45, 2.75) is 39.5 Å². The van der Waals surface area contributed by atoms with Gasteiger partial charge < -0.3 is 14.8 Å². The molecule has 1 N–H and O–H groups in total. The number of alkyl carbamates (subject to hydrolysis) is 1. The Labute approximate surface area is 116 Å². The van der Waals surface area contributed by atoms with Crippen molar-refractivity contribution >= 4 is 18.6 Å². The molecule has 0 saturated heterocycles. The number of ether oxygens (including phenoxy) is 2. The average molecular weight is 289 g/mol. The van der Waals surface area contributed by atoms with Gasteiger partial charge in [-0.15, -0.1) is 0 Å². The minimum absolute atomic E-state index is 0.0775. The Balaban J connectivity index is 2.24. The summed E-state index contributed by atoms with van der Waals surface area (Å²) in [6.45, 7) is 7.18. The lowest BCUT2D eigenvalue weighted by Crippen LogP contribution is -2.37. The van der Waals surface area contributed by atoms with E-state index in [1.165, 1.54) is 6.34 Å². The van der Waals surface area contributed by atoms with Crippen molar-refractivity contribution in [1.82, 2.24) is 10.5 Å². The molecular weight excluding hydrogens is 270 g/mol. The summed E-state index contributed by atoms with van der Waals surface area (Å²) < 4.78 is 9.60. The van der Waals surface area contributed by atoms with E-state index < -0.39 is 24.1 Å². The Morgan fingerprint density at radius 1 is 1.45 bits per heavy atom. The first kappa shape index (κ1) is 16.0. The molecule has 1 aliphatic heterocycles. The second-order valence-corrected chi connectivity index (χ2v) is 4.77. The van der Waals surface area contributed by atoms with Crippen molar-refractivity contribution in [3.63, 3.8) is 0 Å². The largest absolute Gasteiger partial charge is 0.535 e. The summed E-state index contributed by atoms with van der Waals surface area (Å²) in [6, 6.07) is 0. The highest BCUT2D eigenvalue weighted by molar-refractivity contribution is 5.67. The standard InChI is InChI=1S/C11H19N3O6/c1-5-17-10(16)20-14-7-13-8(19-14)6-12-9(15)18-11(2,3)4/h7-8H,5-6H2,1-4H3,(H,12,15). The topological polar surface area (TPSA) is 98.7 Å². The Bertz CT molecular complexity index is 379. The van der Waals surface area contributed by atoms with E-state index in [9.17, 15) is 9.59 Å². The van der Waals surface area contributed by atoms with Crippen molar-refractivity contribution in [3.8, 4) is 0 Å². The van der Waals surface area contributed by atoms with Gasteiger partial charge >= 0.3 is 12.2 Å². The first-order valence-electron chi connectivity index (χ1n) is 6.11. The molecule has 0 aromatic carbocycles. The zero-order chi connectivity index (χ0) is 15.2. The van der Waals surface area contributed by atoms with E-state index in [-0.39, 0.29) is 13.2 Å². The van der Waals surface area contributed by atoms with Crippen molar-refractivity contribution in [2.75, 3.05) is 13.2 Å². The van der Waals surface area contributed by atoms with Gasteiger partial charge in [0.1, 0.15) is 5.60 Å². The highest BCUT2D eigenvalue weighted by Crippen LogP contribution is 2.08. The number of aliphatic imine (C=N–C) groups is 1. The molecule has 1 rings (SSSR count). The number of nitrogens with zero attached hydrogens (tertiary/aromatic N) is 2. The van der Waals surface area contributed by atoms with Crippen LogP contribution in [-0.4, -0.2) is 48.8 Å². The quantitative estimate of drug-likeness (QED) is 0.776. The zero-order valence-electron chi connectivity index (χ0n) is 11.9. The van der Waals surface area contributed by atoms with Crippen LogP contribution in [0.4, 0.5) is 9.59 Å². The van der Waals surface area contributed by atoms with Crippen LogP contribution in [-0.2, 0) is 19.1 Å². The van der Waals surface area contributed by atoms with Gasteiger partial charge in [-0.3, -0.25) is 4.84 Å². The van der Waals surface area contributed by atoms with Gasteiger partial charge in [-0.1, -0.05) is 5.23 Å². The van der Waals surface area contributed by atoms with Gasteiger partial charge in [0.05, 0.1) is 13.2 Å². The van der Waals surface area contributed by atoms with Gasteiger partial charge in [0.25, 0.3) is 0 Å². The fourth-order valence-electron chi connectivity index (χ4n) is 1.14. The minimum atomic E-state index is -0.903. The van der Waals surface area contributed by atoms with Gasteiger partial charge in [-0.05, 0) is 27.7 Å². The van der Waals surface area contributed by atoms with Crippen LogP contribution in [0.25, 0.3) is 0 Å². The van der Waals surface area contributed by atoms with Crippen LogP contribution in [0, 0.1) is 0 Å². The molecule has 114 valence electrons. The summed E-state index contributed by atoms with van der Waals surface area (Å²) >= 11 is 0. The molecule has 9 heteroatoms. The maximum atomic E-state index is 11.4. The molecule has 0 aliphatic carbocycles. The molecule has 20 heavy (non-hydrogen) atoms. The molecular formula is C11H19N3O6. The Morgan fingerprint density at radius 3 is 2.75 bits per heavy atom. The Hall–Kier alpha value is -2.03. The van der Waals surface area contributed by atoms with Crippen LogP contribution in [0.5, 0.6) is 0 Å².